The Morgan fingerprint density at radius 3 is 2.89 bits per heavy atom. The standard InChI is InChI=1S/C13H18N2O4/c1-18-11(16)7-8-14-13(17)12-9-5-3-2-4-6-10(9)19-15-12/h2-8H2,1H3,(H,14,17). The molecular weight excluding hydrogens is 248 g/mol. The zero-order chi connectivity index (χ0) is 13.7. The first kappa shape index (κ1) is 13.6. The fourth-order valence-corrected chi connectivity index (χ4v) is 2.20. The number of hydrogen-bond donors (Lipinski definition) is 1. The minimum atomic E-state index is -0.348. The number of aromatic nitrogens is 1. The van der Waals surface area contributed by atoms with Gasteiger partial charge in [0.05, 0.1) is 13.5 Å². The normalized spacial score (nSPS) is 14.4. The van der Waals surface area contributed by atoms with E-state index >= 15 is 0 Å². The van der Waals surface area contributed by atoms with Gasteiger partial charge < -0.3 is 14.6 Å². The number of aryl methyl sites for hydroxylation is 1. The molecule has 1 amide bonds. The predicted octanol–water partition coefficient (Wildman–Crippen LogP) is 1.24. The van der Waals surface area contributed by atoms with Crippen molar-refractivity contribution in [1.29, 1.82) is 0 Å². The van der Waals surface area contributed by atoms with E-state index in [9.17, 15) is 9.59 Å². The quantitative estimate of drug-likeness (QED) is 0.655. The smallest absolute Gasteiger partial charge is 0.307 e. The van der Waals surface area contributed by atoms with E-state index in [4.69, 9.17) is 4.52 Å². The van der Waals surface area contributed by atoms with Gasteiger partial charge in [-0.15, -0.1) is 0 Å². The summed E-state index contributed by atoms with van der Waals surface area (Å²) in [5.41, 5.74) is 1.29. The van der Waals surface area contributed by atoms with Crippen LogP contribution < -0.4 is 5.32 Å². The molecule has 1 aromatic heterocycles. The summed E-state index contributed by atoms with van der Waals surface area (Å²) in [7, 11) is 1.32. The van der Waals surface area contributed by atoms with Crippen LogP contribution in [0.5, 0.6) is 0 Å². The molecule has 0 fully saturated rings. The van der Waals surface area contributed by atoms with Crippen molar-refractivity contribution >= 4 is 11.9 Å². The Balaban J connectivity index is 1.96. The minimum absolute atomic E-state index is 0.155. The van der Waals surface area contributed by atoms with Gasteiger partial charge in [-0.25, -0.2) is 0 Å². The van der Waals surface area contributed by atoms with E-state index in [0.29, 0.717) is 5.69 Å². The molecule has 0 saturated carbocycles. The lowest BCUT2D eigenvalue weighted by Crippen LogP contribution is -2.27. The van der Waals surface area contributed by atoms with Crippen LogP contribution in [0.4, 0.5) is 0 Å². The Bertz CT molecular complexity index is 467. The number of nitrogens with zero attached hydrogens (tertiary/aromatic N) is 1. The molecule has 1 aliphatic carbocycles. The predicted molar refractivity (Wildman–Crippen MR) is 66.7 cm³/mol. The molecule has 19 heavy (non-hydrogen) atoms. The van der Waals surface area contributed by atoms with Crippen molar-refractivity contribution in [3.8, 4) is 0 Å². The van der Waals surface area contributed by atoms with Crippen LogP contribution >= 0.6 is 0 Å². The maximum Gasteiger partial charge on any atom is 0.307 e. The molecule has 1 aromatic rings. The summed E-state index contributed by atoms with van der Waals surface area (Å²) in [6.45, 7) is 0.243. The van der Waals surface area contributed by atoms with Crippen molar-refractivity contribution in [1.82, 2.24) is 10.5 Å². The number of amides is 1. The average Bonchev–Trinajstić information content (AvgIpc) is 2.67. The minimum Gasteiger partial charge on any atom is -0.469 e. The average molecular weight is 266 g/mol. The van der Waals surface area contributed by atoms with Crippen molar-refractivity contribution < 1.29 is 18.8 Å². The van der Waals surface area contributed by atoms with Crippen molar-refractivity contribution in [3.63, 3.8) is 0 Å². The van der Waals surface area contributed by atoms with E-state index in [0.717, 1.165) is 43.4 Å². The van der Waals surface area contributed by atoms with Gasteiger partial charge in [0, 0.05) is 18.5 Å². The van der Waals surface area contributed by atoms with Gasteiger partial charge in [-0.2, -0.15) is 0 Å². The maximum absolute atomic E-state index is 12.0. The van der Waals surface area contributed by atoms with Crippen LogP contribution in [0.15, 0.2) is 4.52 Å². The molecule has 0 saturated heterocycles. The van der Waals surface area contributed by atoms with E-state index in [-0.39, 0.29) is 24.8 Å². The number of ether oxygens (including phenoxy) is 1. The van der Waals surface area contributed by atoms with Crippen molar-refractivity contribution in [2.75, 3.05) is 13.7 Å². The molecule has 0 unspecified atom stereocenters. The number of fused-ring (bicyclic) bond motifs is 1. The highest BCUT2D eigenvalue weighted by atomic mass is 16.5. The summed E-state index contributed by atoms with van der Waals surface area (Å²) >= 11 is 0. The van der Waals surface area contributed by atoms with Crippen LogP contribution in [0.25, 0.3) is 0 Å². The summed E-state index contributed by atoms with van der Waals surface area (Å²) in [6.07, 6.45) is 5.11. The summed E-state index contributed by atoms with van der Waals surface area (Å²) < 4.78 is 9.74. The number of rotatable bonds is 4. The van der Waals surface area contributed by atoms with Crippen LogP contribution in [-0.4, -0.2) is 30.7 Å². The van der Waals surface area contributed by atoms with Crippen LogP contribution in [-0.2, 0) is 22.4 Å². The van der Waals surface area contributed by atoms with E-state index in [1.165, 1.54) is 7.11 Å². The Morgan fingerprint density at radius 2 is 2.11 bits per heavy atom. The number of nitrogens with one attached hydrogen (secondary N) is 1. The van der Waals surface area contributed by atoms with Gasteiger partial charge >= 0.3 is 5.97 Å². The van der Waals surface area contributed by atoms with Crippen molar-refractivity contribution in [2.24, 2.45) is 0 Å². The molecule has 0 aromatic carbocycles. The summed E-state index contributed by atoms with van der Waals surface area (Å²) in [6, 6.07) is 0. The fraction of sp³-hybridized carbons (Fsp3) is 0.615. The Hall–Kier alpha value is -1.85. The Labute approximate surface area is 111 Å². The first-order chi connectivity index (χ1) is 9.22. The van der Waals surface area contributed by atoms with Gasteiger partial charge in [-0.05, 0) is 19.3 Å². The van der Waals surface area contributed by atoms with Crippen LogP contribution in [0.3, 0.4) is 0 Å². The molecule has 0 bridgehead atoms. The van der Waals surface area contributed by atoms with Crippen molar-refractivity contribution in [2.45, 2.75) is 38.5 Å². The monoisotopic (exact) mass is 266 g/mol. The zero-order valence-corrected chi connectivity index (χ0v) is 11.0. The molecule has 0 atom stereocenters. The van der Waals surface area contributed by atoms with Gasteiger partial charge in [0.15, 0.2) is 5.69 Å². The zero-order valence-electron chi connectivity index (χ0n) is 11.0. The van der Waals surface area contributed by atoms with E-state index in [1.54, 1.807) is 0 Å². The molecule has 1 aliphatic rings. The van der Waals surface area contributed by atoms with Gasteiger partial charge in [0.1, 0.15) is 5.76 Å². The third kappa shape index (κ3) is 3.33. The lowest BCUT2D eigenvalue weighted by molar-refractivity contribution is -0.140. The molecule has 6 heteroatoms. The topological polar surface area (TPSA) is 81.4 Å². The van der Waals surface area contributed by atoms with E-state index in [1.807, 2.05) is 0 Å². The van der Waals surface area contributed by atoms with Gasteiger partial charge in [0.2, 0.25) is 0 Å². The molecule has 0 spiro atoms. The highest BCUT2D eigenvalue weighted by molar-refractivity contribution is 5.94. The molecule has 1 N–H and O–H groups in total. The lowest BCUT2D eigenvalue weighted by Gasteiger charge is -2.03. The molecule has 1 heterocycles. The number of carbonyl (C=O) groups excluding carboxylic acids is 2. The molecule has 0 radical (unpaired) electrons. The number of esters is 1. The maximum atomic E-state index is 12.0. The van der Waals surface area contributed by atoms with Gasteiger partial charge in [-0.1, -0.05) is 11.6 Å². The second kappa shape index (κ2) is 6.36. The van der Waals surface area contributed by atoms with Crippen LogP contribution in [0.1, 0.15) is 47.5 Å². The third-order valence-corrected chi connectivity index (χ3v) is 3.26. The first-order valence-electron chi connectivity index (χ1n) is 6.55. The second-order valence-corrected chi connectivity index (χ2v) is 4.58. The number of carbonyl (C=O) groups is 2. The summed E-state index contributed by atoms with van der Waals surface area (Å²) in [5.74, 6) is 0.200. The fourth-order valence-electron chi connectivity index (χ4n) is 2.20. The first-order valence-corrected chi connectivity index (χ1v) is 6.55. The molecular formula is C13H18N2O4. The van der Waals surface area contributed by atoms with Crippen molar-refractivity contribution in [3.05, 3.63) is 17.0 Å². The number of hydrogen-bond acceptors (Lipinski definition) is 5. The highest BCUT2D eigenvalue weighted by Crippen LogP contribution is 2.23. The lowest BCUT2D eigenvalue weighted by atomic mass is 10.1. The molecule has 2 rings (SSSR count). The van der Waals surface area contributed by atoms with Crippen LogP contribution in [0, 0.1) is 0 Å². The SMILES string of the molecule is COC(=O)CCNC(=O)c1noc2c1CCCCC2. The van der Waals surface area contributed by atoms with E-state index < -0.39 is 0 Å². The summed E-state index contributed by atoms with van der Waals surface area (Å²) in [5, 5.41) is 6.51. The number of methoxy groups -OCH3 is 1. The molecule has 6 nitrogen and oxygen atoms in total. The molecule has 0 aliphatic heterocycles. The third-order valence-electron chi connectivity index (χ3n) is 3.26. The Kier molecular flexibility index (Phi) is 4.54. The highest BCUT2D eigenvalue weighted by Gasteiger charge is 2.22. The Morgan fingerprint density at radius 1 is 1.32 bits per heavy atom. The van der Waals surface area contributed by atoms with E-state index in [2.05, 4.69) is 15.2 Å². The largest absolute Gasteiger partial charge is 0.469 e. The van der Waals surface area contributed by atoms with Gasteiger partial charge in [0.25, 0.3) is 5.91 Å². The second-order valence-electron chi connectivity index (χ2n) is 4.58. The van der Waals surface area contributed by atoms with Gasteiger partial charge in [-0.3, -0.25) is 9.59 Å². The molecule has 104 valence electrons. The van der Waals surface area contributed by atoms with Crippen LogP contribution in [0.2, 0.25) is 0 Å². The summed E-state index contributed by atoms with van der Waals surface area (Å²) in [4.78, 5) is 22.9.